The van der Waals surface area contributed by atoms with Gasteiger partial charge in [-0.3, -0.25) is 9.89 Å². The number of hydrogen-bond donors (Lipinski definition) is 2. The summed E-state index contributed by atoms with van der Waals surface area (Å²) in [5.74, 6) is 1.91. The molecule has 1 amide bonds. The Morgan fingerprint density at radius 3 is 2.69 bits per heavy atom. The third-order valence-electron chi connectivity index (χ3n) is 4.74. The number of para-hydroxylation sites is 1. The van der Waals surface area contributed by atoms with Crippen LogP contribution in [0, 0.1) is 0 Å². The van der Waals surface area contributed by atoms with E-state index >= 15 is 0 Å². The highest BCUT2D eigenvalue weighted by Crippen LogP contribution is 2.32. The number of hydrogen-bond acceptors (Lipinski definition) is 4. The van der Waals surface area contributed by atoms with E-state index in [1.54, 1.807) is 14.2 Å². The number of fused-ring (bicyclic) bond motifs is 1. The molecule has 4 aromatic rings. The number of aromatic amines is 1. The number of carbonyl (C=O) groups is 1. The second-order valence-electron chi connectivity index (χ2n) is 6.61. The van der Waals surface area contributed by atoms with E-state index in [0.29, 0.717) is 5.82 Å². The van der Waals surface area contributed by atoms with Gasteiger partial charge in [-0.15, -0.1) is 0 Å². The van der Waals surface area contributed by atoms with Crippen molar-refractivity contribution in [1.29, 1.82) is 0 Å². The van der Waals surface area contributed by atoms with Crippen LogP contribution in [0.15, 0.2) is 66.7 Å². The zero-order chi connectivity index (χ0) is 20.2. The van der Waals surface area contributed by atoms with Crippen molar-refractivity contribution in [2.24, 2.45) is 0 Å². The van der Waals surface area contributed by atoms with Crippen LogP contribution in [-0.2, 0) is 11.2 Å². The monoisotopic (exact) mass is 387 g/mol. The highest BCUT2D eigenvalue weighted by molar-refractivity contribution is 6.01. The molecule has 0 fully saturated rings. The van der Waals surface area contributed by atoms with Crippen molar-refractivity contribution in [2.45, 2.75) is 6.42 Å². The van der Waals surface area contributed by atoms with Crippen LogP contribution >= 0.6 is 0 Å². The SMILES string of the molecule is COc1cccc(CC(=O)Nc2n[nH]c3cc(-c4ccccc4OC)ccc23)c1. The predicted molar refractivity (Wildman–Crippen MR) is 113 cm³/mol. The number of rotatable bonds is 6. The zero-order valence-corrected chi connectivity index (χ0v) is 16.2. The minimum Gasteiger partial charge on any atom is -0.497 e. The average molecular weight is 387 g/mol. The van der Waals surface area contributed by atoms with Gasteiger partial charge in [0.2, 0.25) is 5.91 Å². The number of methoxy groups -OCH3 is 2. The van der Waals surface area contributed by atoms with Crippen molar-refractivity contribution < 1.29 is 14.3 Å². The smallest absolute Gasteiger partial charge is 0.230 e. The summed E-state index contributed by atoms with van der Waals surface area (Å²) >= 11 is 0. The van der Waals surface area contributed by atoms with Crippen molar-refractivity contribution in [1.82, 2.24) is 10.2 Å². The number of carbonyl (C=O) groups excluding carboxylic acids is 1. The van der Waals surface area contributed by atoms with Gasteiger partial charge in [-0.1, -0.05) is 36.4 Å². The van der Waals surface area contributed by atoms with E-state index < -0.39 is 0 Å². The Morgan fingerprint density at radius 1 is 1.00 bits per heavy atom. The van der Waals surface area contributed by atoms with Gasteiger partial charge in [0, 0.05) is 10.9 Å². The number of nitrogens with one attached hydrogen (secondary N) is 2. The molecule has 0 radical (unpaired) electrons. The lowest BCUT2D eigenvalue weighted by Gasteiger charge is -2.08. The Balaban J connectivity index is 1.55. The van der Waals surface area contributed by atoms with Gasteiger partial charge in [0.25, 0.3) is 0 Å². The minimum atomic E-state index is -0.138. The number of H-pyrrole nitrogens is 1. The van der Waals surface area contributed by atoms with E-state index in [2.05, 4.69) is 15.5 Å². The highest BCUT2D eigenvalue weighted by Gasteiger charge is 2.12. The molecule has 6 heteroatoms. The van der Waals surface area contributed by atoms with E-state index in [9.17, 15) is 4.79 Å². The summed E-state index contributed by atoms with van der Waals surface area (Å²) < 4.78 is 10.7. The van der Waals surface area contributed by atoms with Crippen LogP contribution in [0.25, 0.3) is 22.0 Å². The maximum absolute atomic E-state index is 12.5. The minimum absolute atomic E-state index is 0.138. The quantitative estimate of drug-likeness (QED) is 0.513. The first kappa shape index (κ1) is 18.6. The standard InChI is InChI=1S/C23H21N3O3/c1-28-17-7-5-6-15(12-17)13-22(27)24-23-19-11-10-16(14-20(19)25-26-23)18-8-3-4-9-21(18)29-2/h3-12,14H,13H2,1-2H3,(H2,24,25,26,27). The van der Waals surface area contributed by atoms with Crippen LogP contribution in [0.4, 0.5) is 5.82 Å². The zero-order valence-electron chi connectivity index (χ0n) is 16.2. The van der Waals surface area contributed by atoms with Gasteiger partial charge >= 0.3 is 0 Å². The summed E-state index contributed by atoms with van der Waals surface area (Å²) in [6.45, 7) is 0. The first-order chi connectivity index (χ1) is 14.2. The Bertz CT molecular complexity index is 1170. The summed E-state index contributed by atoms with van der Waals surface area (Å²) in [5, 5.41) is 11.0. The molecule has 146 valence electrons. The predicted octanol–water partition coefficient (Wildman–Crippen LogP) is 4.43. The molecule has 1 heterocycles. The molecule has 0 saturated carbocycles. The van der Waals surface area contributed by atoms with E-state index in [0.717, 1.165) is 39.1 Å². The third kappa shape index (κ3) is 3.91. The van der Waals surface area contributed by atoms with Crippen molar-refractivity contribution in [3.8, 4) is 22.6 Å². The first-order valence-electron chi connectivity index (χ1n) is 9.22. The van der Waals surface area contributed by atoms with Crippen LogP contribution in [0.5, 0.6) is 11.5 Å². The van der Waals surface area contributed by atoms with Gasteiger partial charge in [-0.25, -0.2) is 0 Å². The number of aromatic nitrogens is 2. The number of nitrogens with zero attached hydrogens (tertiary/aromatic N) is 1. The van der Waals surface area contributed by atoms with Crippen LogP contribution in [0.3, 0.4) is 0 Å². The Hall–Kier alpha value is -3.80. The number of anilines is 1. The molecule has 0 unspecified atom stereocenters. The molecule has 4 rings (SSSR count). The van der Waals surface area contributed by atoms with E-state index in [-0.39, 0.29) is 12.3 Å². The van der Waals surface area contributed by atoms with Gasteiger partial charge in [0.15, 0.2) is 5.82 Å². The van der Waals surface area contributed by atoms with Crippen molar-refractivity contribution in [3.05, 3.63) is 72.3 Å². The van der Waals surface area contributed by atoms with Gasteiger partial charge in [-0.05, 0) is 41.5 Å². The van der Waals surface area contributed by atoms with Crippen LogP contribution in [0.2, 0.25) is 0 Å². The maximum atomic E-state index is 12.5. The number of ether oxygens (including phenoxy) is 2. The van der Waals surface area contributed by atoms with Crippen molar-refractivity contribution in [3.63, 3.8) is 0 Å². The number of benzene rings is 3. The second-order valence-corrected chi connectivity index (χ2v) is 6.61. The maximum Gasteiger partial charge on any atom is 0.230 e. The topological polar surface area (TPSA) is 76.2 Å². The molecule has 2 N–H and O–H groups in total. The summed E-state index contributed by atoms with van der Waals surface area (Å²) in [7, 11) is 3.26. The second kappa shape index (κ2) is 8.06. The Labute approximate surface area is 168 Å². The molecule has 0 atom stereocenters. The fourth-order valence-electron chi connectivity index (χ4n) is 3.31. The highest BCUT2D eigenvalue weighted by atomic mass is 16.5. The molecule has 3 aromatic carbocycles. The normalized spacial score (nSPS) is 10.7. The lowest BCUT2D eigenvalue weighted by atomic mass is 10.0. The Morgan fingerprint density at radius 2 is 1.86 bits per heavy atom. The summed E-state index contributed by atoms with van der Waals surface area (Å²) in [6, 6.07) is 21.2. The van der Waals surface area contributed by atoms with Gasteiger partial charge in [0.05, 0.1) is 26.2 Å². The first-order valence-corrected chi connectivity index (χ1v) is 9.22. The fraction of sp³-hybridized carbons (Fsp3) is 0.130. The van der Waals surface area contributed by atoms with Crippen LogP contribution in [0.1, 0.15) is 5.56 Å². The molecule has 29 heavy (non-hydrogen) atoms. The van der Waals surface area contributed by atoms with E-state index in [1.807, 2.05) is 66.7 Å². The molecular weight excluding hydrogens is 366 g/mol. The van der Waals surface area contributed by atoms with E-state index in [4.69, 9.17) is 9.47 Å². The van der Waals surface area contributed by atoms with Gasteiger partial charge in [0.1, 0.15) is 11.5 Å². The van der Waals surface area contributed by atoms with Crippen LogP contribution in [-0.4, -0.2) is 30.3 Å². The molecule has 0 bridgehead atoms. The summed E-state index contributed by atoms with van der Waals surface area (Å²) in [5.41, 5.74) is 3.72. The molecule has 0 aliphatic heterocycles. The molecule has 6 nitrogen and oxygen atoms in total. The average Bonchev–Trinajstić information content (AvgIpc) is 3.15. The third-order valence-corrected chi connectivity index (χ3v) is 4.74. The van der Waals surface area contributed by atoms with Gasteiger partial charge < -0.3 is 14.8 Å². The summed E-state index contributed by atoms with van der Waals surface area (Å²) in [4.78, 5) is 12.5. The number of amides is 1. The van der Waals surface area contributed by atoms with Gasteiger partial charge in [-0.2, -0.15) is 5.10 Å². The molecule has 0 spiro atoms. The largest absolute Gasteiger partial charge is 0.497 e. The molecule has 0 aliphatic rings. The molecular formula is C23H21N3O3. The van der Waals surface area contributed by atoms with E-state index in [1.165, 1.54) is 0 Å². The molecule has 0 saturated heterocycles. The lowest BCUT2D eigenvalue weighted by Crippen LogP contribution is -2.14. The van der Waals surface area contributed by atoms with Crippen molar-refractivity contribution in [2.75, 3.05) is 19.5 Å². The summed E-state index contributed by atoms with van der Waals surface area (Å²) in [6.07, 6.45) is 0.241. The van der Waals surface area contributed by atoms with Crippen LogP contribution < -0.4 is 14.8 Å². The Kier molecular flexibility index (Phi) is 5.16. The lowest BCUT2D eigenvalue weighted by molar-refractivity contribution is -0.115. The fourth-order valence-corrected chi connectivity index (χ4v) is 3.31. The molecule has 0 aliphatic carbocycles. The van der Waals surface area contributed by atoms with Crippen molar-refractivity contribution >= 4 is 22.6 Å². The molecule has 1 aromatic heterocycles.